The van der Waals surface area contributed by atoms with Crippen LogP contribution in [0.3, 0.4) is 0 Å². The molecule has 1 atom stereocenters. The minimum atomic E-state index is -0.126. The van der Waals surface area contributed by atoms with Gasteiger partial charge in [-0.05, 0) is 37.7 Å². The lowest BCUT2D eigenvalue weighted by Gasteiger charge is -2.08. The Kier molecular flexibility index (Phi) is 5.93. The van der Waals surface area contributed by atoms with E-state index in [2.05, 4.69) is 4.98 Å². The Balaban J connectivity index is 2.15. The Labute approximate surface area is 101 Å². The Morgan fingerprint density at radius 1 is 1.62 bits per heavy atom. The molecule has 0 aliphatic carbocycles. The summed E-state index contributed by atoms with van der Waals surface area (Å²) in [6.07, 6.45) is 7.24. The second-order valence-corrected chi connectivity index (χ2v) is 4.69. The van der Waals surface area contributed by atoms with E-state index in [1.165, 1.54) is 17.3 Å². The van der Waals surface area contributed by atoms with Gasteiger partial charge >= 0.3 is 5.97 Å². The number of carbonyl (C=O) groups is 1. The maximum absolute atomic E-state index is 11.3. The highest BCUT2D eigenvalue weighted by molar-refractivity contribution is 7.99. The average Bonchev–Trinajstić information content (AvgIpc) is 2.34. The summed E-state index contributed by atoms with van der Waals surface area (Å²) in [5.74, 6) is -0.126. The summed E-state index contributed by atoms with van der Waals surface area (Å²) in [5.41, 5.74) is 1.18. The van der Waals surface area contributed by atoms with E-state index in [0.29, 0.717) is 6.61 Å². The second-order valence-electron chi connectivity index (χ2n) is 3.51. The Morgan fingerprint density at radius 3 is 3.06 bits per heavy atom. The highest BCUT2D eigenvalue weighted by Gasteiger charge is 2.11. The van der Waals surface area contributed by atoms with Crippen LogP contribution < -0.4 is 0 Å². The van der Waals surface area contributed by atoms with Gasteiger partial charge in [-0.1, -0.05) is 6.07 Å². The number of hydrogen-bond donors (Lipinski definition) is 0. The van der Waals surface area contributed by atoms with Gasteiger partial charge in [0.15, 0.2) is 0 Å². The van der Waals surface area contributed by atoms with Gasteiger partial charge in [0.2, 0.25) is 0 Å². The minimum Gasteiger partial charge on any atom is -0.465 e. The van der Waals surface area contributed by atoms with Crippen molar-refractivity contribution in [2.75, 3.05) is 12.9 Å². The molecule has 0 aliphatic rings. The fourth-order valence-corrected chi connectivity index (χ4v) is 1.47. The predicted octanol–water partition coefficient (Wildman–Crippen LogP) is 2.31. The SMILES string of the molecule is CSC(C)C(=O)OCCCc1cccnc1. The molecular weight excluding hydrogens is 222 g/mol. The van der Waals surface area contributed by atoms with Gasteiger partial charge < -0.3 is 4.74 Å². The van der Waals surface area contributed by atoms with Crippen molar-refractivity contribution in [2.45, 2.75) is 25.0 Å². The first-order chi connectivity index (χ1) is 7.74. The molecular formula is C12H17NO2S. The molecule has 0 saturated heterocycles. The van der Waals surface area contributed by atoms with Crippen LogP contribution in [0.1, 0.15) is 18.9 Å². The molecule has 1 aromatic heterocycles. The van der Waals surface area contributed by atoms with E-state index in [0.717, 1.165) is 12.8 Å². The maximum Gasteiger partial charge on any atom is 0.318 e. The van der Waals surface area contributed by atoms with Crippen LogP contribution in [0.15, 0.2) is 24.5 Å². The third-order valence-corrected chi connectivity index (χ3v) is 3.16. The summed E-state index contributed by atoms with van der Waals surface area (Å²) in [7, 11) is 0. The molecule has 1 aromatic rings. The monoisotopic (exact) mass is 239 g/mol. The first-order valence-corrected chi connectivity index (χ1v) is 6.61. The molecule has 1 unspecified atom stereocenters. The summed E-state index contributed by atoms with van der Waals surface area (Å²) in [5, 5.41) is -0.0709. The van der Waals surface area contributed by atoms with E-state index >= 15 is 0 Å². The van der Waals surface area contributed by atoms with Crippen molar-refractivity contribution in [3.05, 3.63) is 30.1 Å². The number of hydrogen-bond acceptors (Lipinski definition) is 4. The quantitative estimate of drug-likeness (QED) is 0.564. The fraction of sp³-hybridized carbons (Fsp3) is 0.500. The number of ether oxygens (including phenoxy) is 1. The van der Waals surface area contributed by atoms with Crippen molar-refractivity contribution < 1.29 is 9.53 Å². The average molecular weight is 239 g/mol. The highest BCUT2D eigenvalue weighted by atomic mass is 32.2. The maximum atomic E-state index is 11.3. The highest BCUT2D eigenvalue weighted by Crippen LogP contribution is 2.07. The van der Waals surface area contributed by atoms with Gasteiger partial charge in [-0.15, -0.1) is 0 Å². The zero-order valence-electron chi connectivity index (χ0n) is 9.68. The van der Waals surface area contributed by atoms with Crippen molar-refractivity contribution in [1.82, 2.24) is 4.98 Å². The molecule has 0 fully saturated rings. The first-order valence-electron chi connectivity index (χ1n) is 5.32. The molecule has 0 spiro atoms. The van der Waals surface area contributed by atoms with Crippen LogP contribution in [-0.4, -0.2) is 29.1 Å². The molecule has 1 rings (SSSR count). The molecule has 0 aliphatic heterocycles. The largest absolute Gasteiger partial charge is 0.465 e. The number of pyridine rings is 1. The van der Waals surface area contributed by atoms with E-state index in [1.54, 1.807) is 6.20 Å². The molecule has 16 heavy (non-hydrogen) atoms. The Morgan fingerprint density at radius 2 is 2.44 bits per heavy atom. The van der Waals surface area contributed by atoms with Gasteiger partial charge in [-0.3, -0.25) is 9.78 Å². The van der Waals surface area contributed by atoms with Crippen LogP contribution in [0.25, 0.3) is 0 Å². The van der Waals surface area contributed by atoms with E-state index in [1.807, 2.05) is 31.5 Å². The molecule has 0 N–H and O–H groups in total. The summed E-state index contributed by atoms with van der Waals surface area (Å²) in [6.45, 7) is 2.34. The summed E-state index contributed by atoms with van der Waals surface area (Å²) < 4.78 is 5.14. The molecule has 1 heterocycles. The van der Waals surface area contributed by atoms with Gasteiger partial charge in [0, 0.05) is 12.4 Å². The van der Waals surface area contributed by atoms with E-state index in [-0.39, 0.29) is 11.2 Å². The number of esters is 1. The second kappa shape index (κ2) is 7.28. The van der Waals surface area contributed by atoms with Crippen molar-refractivity contribution in [3.8, 4) is 0 Å². The molecule has 4 heteroatoms. The fourth-order valence-electron chi connectivity index (χ4n) is 1.21. The summed E-state index contributed by atoms with van der Waals surface area (Å²) >= 11 is 1.50. The van der Waals surface area contributed by atoms with Crippen molar-refractivity contribution >= 4 is 17.7 Å². The van der Waals surface area contributed by atoms with Crippen molar-refractivity contribution in [2.24, 2.45) is 0 Å². The lowest BCUT2D eigenvalue weighted by molar-refractivity contribution is -0.142. The van der Waals surface area contributed by atoms with Gasteiger partial charge in [-0.2, -0.15) is 11.8 Å². The van der Waals surface area contributed by atoms with Gasteiger partial charge in [0.05, 0.1) is 11.9 Å². The smallest absolute Gasteiger partial charge is 0.318 e. The zero-order chi connectivity index (χ0) is 11.8. The van der Waals surface area contributed by atoms with Crippen LogP contribution in [0.4, 0.5) is 0 Å². The zero-order valence-corrected chi connectivity index (χ0v) is 10.5. The van der Waals surface area contributed by atoms with E-state index in [4.69, 9.17) is 4.74 Å². The molecule has 88 valence electrons. The van der Waals surface area contributed by atoms with Crippen LogP contribution in [0.2, 0.25) is 0 Å². The molecule has 0 aromatic carbocycles. The first kappa shape index (κ1) is 13.0. The standard InChI is InChI=1S/C12H17NO2S/c1-10(16-2)12(14)15-8-4-6-11-5-3-7-13-9-11/h3,5,7,9-10H,4,6,8H2,1-2H3. The van der Waals surface area contributed by atoms with E-state index in [9.17, 15) is 4.79 Å². The van der Waals surface area contributed by atoms with Gasteiger partial charge in [0.1, 0.15) is 0 Å². The minimum absolute atomic E-state index is 0.0709. The van der Waals surface area contributed by atoms with Crippen molar-refractivity contribution in [1.29, 1.82) is 0 Å². The normalized spacial score (nSPS) is 12.1. The molecule has 0 radical (unpaired) electrons. The summed E-state index contributed by atoms with van der Waals surface area (Å²) in [4.78, 5) is 15.4. The molecule has 3 nitrogen and oxygen atoms in total. The van der Waals surface area contributed by atoms with Crippen LogP contribution in [0, 0.1) is 0 Å². The van der Waals surface area contributed by atoms with Gasteiger partial charge in [-0.25, -0.2) is 0 Å². The lowest BCUT2D eigenvalue weighted by atomic mass is 10.2. The predicted molar refractivity (Wildman–Crippen MR) is 66.5 cm³/mol. The third-order valence-electron chi connectivity index (χ3n) is 2.26. The topological polar surface area (TPSA) is 39.2 Å². The van der Waals surface area contributed by atoms with Crippen molar-refractivity contribution in [3.63, 3.8) is 0 Å². The van der Waals surface area contributed by atoms with Crippen LogP contribution >= 0.6 is 11.8 Å². The van der Waals surface area contributed by atoms with E-state index < -0.39 is 0 Å². The number of aryl methyl sites for hydroxylation is 1. The van der Waals surface area contributed by atoms with Crippen LogP contribution in [-0.2, 0) is 16.0 Å². The Bertz CT molecular complexity index is 316. The molecule has 0 saturated carbocycles. The number of carbonyl (C=O) groups excluding carboxylic acids is 1. The lowest BCUT2D eigenvalue weighted by Crippen LogP contribution is -2.17. The third kappa shape index (κ3) is 4.66. The molecule has 0 amide bonds. The number of rotatable bonds is 6. The van der Waals surface area contributed by atoms with Crippen LogP contribution in [0.5, 0.6) is 0 Å². The van der Waals surface area contributed by atoms with Gasteiger partial charge in [0.25, 0.3) is 0 Å². The Hall–Kier alpha value is -1.03. The molecule has 0 bridgehead atoms. The number of thioether (sulfide) groups is 1. The number of nitrogens with zero attached hydrogens (tertiary/aromatic N) is 1. The number of aromatic nitrogens is 1. The summed E-state index contributed by atoms with van der Waals surface area (Å²) in [6, 6.07) is 3.94.